The third-order valence-electron chi connectivity index (χ3n) is 11.8. The summed E-state index contributed by atoms with van der Waals surface area (Å²) in [5.74, 6) is -0.883. The number of carbonyl (C=O) groups excluding carboxylic acids is 3. The van der Waals surface area contributed by atoms with Gasteiger partial charge in [0.25, 0.3) is 0 Å². The predicted molar refractivity (Wildman–Crippen MR) is 275 cm³/mol. The van der Waals surface area contributed by atoms with Gasteiger partial charge in [-0.2, -0.15) is 0 Å². The van der Waals surface area contributed by atoms with Crippen molar-refractivity contribution in [3.8, 4) is 0 Å². The highest BCUT2D eigenvalue weighted by Gasteiger charge is 2.19. The molecule has 6 nitrogen and oxygen atoms in total. The summed E-state index contributed by atoms with van der Waals surface area (Å²) in [4.78, 5) is 38.0. The van der Waals surface area contributed by atoms with E-state index in [0.717, 1.165) is 89.9 Å². The van der Waals surface area contributed by atoms with E-state index in [9.17, 15) is 14.4 Å². The summed E-state index contributed by atoms with van der Waals surface area (Å²) < 4.78 is 16.8. The normalized spacial score (nSPS) is 12.5. The summed E-state index contributed by atoms with van der Waals surface area (Å²) in [6, 6.07) is 0. The van der Waals surface area contributed by atoms with Gasteiger partial charge in [0.2, 0.25) is 0 Å². The quantitative estimate of drug-likeness (QED) is 0.0262. The zero-order chi connectivity index (χ0) is 46.5. The van der Waals surface area contributed by atoms with Gasteiger partial charge < -0.3 is 14.2 Å². The van der Waals surface area contributed by atoms with Crippen LogP contribution in [-0.4, -0.2) is 37.2 Å². The van der Waals surface area contributed by atoms with Crippen LogP contribution in [0.1, 0.15) is 271 Å². The smallest absolute Gasteiger partial charge is 0.306 e. The first kappa shape index (κ1) is 61.1. The minimum atomic E-state index is -0.775. The first-order chi connectivity index (χ1) is 31.5. The third kappa shape index (κ3) is 50.1. The zero-order valence-corrected chi connectivity index (χ0v) is 42.3. The summed E-state index contributed by atoms with van der Waals surface area (Å²) in [5, 5.41) is 0. The van der Waals surface area contributed by atoms with Crippen LogP contribution in [0.25, 0.3) is 0 Å². The second-order valence-electron chi connectivity index (χ2n) is 18.1. The van der Waals surface area contributed by atoms with Crippen LogP contribution in [0.2, 0.25) is 0 Å². The summed E-state index contributed by atoms with van der Waals surface area (Å²) in [6.45, 7) is 6.49. The molecule has 370 valence electrons. The van der Waals surface area contributed by atoms with Gasteiger partial charge in [0.1, 0.15) is 13.2 Å². The van der Waals surface area contributed by atoms with Crippen LogP contribution in [0.15, 0.2) is 60.8 Å². The van der Waals surface area contributed by atoms with Crippen molar-refractivity contribution in [3.63, 3.8) is 0 Å². The minimum Gasteiger partial charge on any atom is -0.462 e. The summed E-state index contributed by atoms with van der Waals surface area (Å²) in [6.07, 6.45) is 65.0. The van der Waals surface area contributed by atoms with Gasteiger partial charge in [0.05, 0.1) is 0 Å². The molecule has 0 radical (unpaired) electrons. The van der Waals surface area contributed by atoms with E-state index >= 15 is 0 Å². The molecule has 0 aliphatic carbocycles. The first-order valence-electron chi connectivity index (χ1n) is 27.3. The number of hydrogen-bond acceptors (Lipinski definition) is 6. The molecule has 0 N–H and O–H groups in total. The molecule has 0 rings (SSSR count). The molecule has 0 spiro atoms. The highest BCUT2D eigenvalue weighted by atomic mass is 16.6. The molecule has 0 aliphatic heterocycles. The number of unbranched alkanes of at least 4 members (excludes halogenated alkanes) is 28. The van der Waals surface area contributed by atoms with Gasteiger partial charge in [-0.25, -0.2) is 0 Å². The molecule has 0 fully saturated rings. The Morgan fingerprint density at radius 3 is 1.02 bits per heavy atom. The number of carbonyl (C=O) groups is 3. The van der Waals surface area contributed by atoms with Gasteiger partial charge in [-0.3, -0.25) is 14.4 Å². The first-order valence-corrected chi connectivity index (χ1v) is 27.3. The van der Waals surface area contributed by atoms with E-state index in [1.54, 1.807) is 0 Å². The topological polar surface area (TPSA) is 78.9 Å². The van der Waals surface area contributed by atoms with Crippen molar-refractivity contribution < 1.29 is 28.6 Å². The molecule has 0 saturated carbocycles. The SMILES string of the molecule is CC/C=C\C/C=C\C/C=C\C/C=C\CCCCCCCCCCCCC(=O)OCC(COC(=O)CCCCCCC/C=C\CCCC)OC(=O)CCCCCCCCCCCCCC. The Kier molecular flexibility index (Phi) is 50.4. The van der Waals surface area contributed by atoms with Gasteiger partial charge in [-0.15, -0.1) is 0 Å². The molecule has 0 bridgehead atoms. The number of ether oxygens (including phenoxy) is 3. The van der Waals surface area contributed by atoms with Crippen molar-refractivity contribution >= 4 is 17.9 Å². The highest BCUT2D eigenvalue weighted by molar-refractivity contribution is 5.71. The average molecular weight is 895 g/mol. The number of rotatable bonds is 49. The lowest BCUT2D eigenvalue weighted by Crippen LogP contribution is -2.30. The Morgan fingerprint density at radius 1 is 0.328 bits per heavy atom. The van der Waals surface area contributed by atoms with E-state index in [1.807, 2.05) is 0 Å². The summed E-state index contributed by atoms with van der Waals surface area (Å²) in [7, 11) is 0. The van der Waals surface area contributed by atoms with Crippen LogP contribution in [0.3, 0.4) is 0 Å². The standard InChI is InChI=1S/C58H102O6/c1-4-7-10-13-16-19-22-24-25-26-27-28-29-30-31-32-33-34-37-39-42-45-48-51-57(60)63-54-55(53-62-56(59)50-47-44-41-38-35-21-18-15-12-9-6-3)64-58(61)52-49-46-43-40-36-23-20-17-14-11-8-5-2/h7,10,15-16,18-19,24-25,27-28,55H,4-6,8-9,11-14,17,20-23,26,29-54H2,1-3H3/b10-7-,18-15-,19-16-,25-24-,28-27-. The van der Waals surface area contributed by atoms with E-state index in [4.69, 9.17) is 14.2 Å². The molecule has 0 heterocycles. The predicted octanol–water partition coefficient (Wildman–Crippen LogP) is 18.0. The Labute approximate surface area is 396 Å². The lowest BCUT2D eigenvalue weighted by molar-refractivity contribution is -0.167. The Hall–Kier alpha value is -2.89. The second kappa shape index (κ2) is 52.7. The largest absolute Gasteiger partial charge is 0.462 e. The fourth-order valence-corrected chi connectivity index (χ4v) is 7.65. The second-order valence-corrected chi connectivity index (χ2v) is 18.1. The number of allylic oxidation sites excluding steroid dienone is 10. The number of hydrogen-bond donors (Lipinski definition) is 0. The lowest BCUT2D eigenvalue weighted by atomic mass is 10.0. The average Bonchev–Trinajstić information content (AvgIpc) is 3.29. The van der Waals surface area contributed by atoms with Crippen LogP contribution in [-0.2, 0) is 28.6 Å². The molecule has 0 amide bonds. The maximum Gasteiger partial charge on any atom is 0.306 e. The monoisotopic (exact) mass is 895 g/mol. The molecule has 0 aromatic rings. The minimum absolute atomic E-state index is 0.0768. The molecule has 64 heavy (non-hydrogen) atoms. The molecule has 1 atom stereocenters. The van der Waals surface area contributed by atoms with Crippen molar-refractivity contribution in [2.24, 2.45) is 0 Å². The molecule has 6 heteroatoms. The Bertz CT molecular complexity index is 1170. The fourth-order valence-electron chi connectivity index (χ4n) is 7.65. The molecule has 0 aromatic carbocycles. The van der Waals surface area contributed by atoms with Crippen LogP contribution in [0.5, 0.6) is 0 Å². The van der Waals surface area contributed by atoms with E-state index in [-0.39, 0.29) is 31.1 Å². The lowest BCUT2D eigenvalue weighted by Gasteiger charge is -2.18. The zero-order valence-electron chi connectivity index (χ0n) is 42.3. The van der Waals surface area contributed by atoms with Crippen molar-refractivity contribution in [2.75, 3.05) is 13.2 Å². The van der Waals surface area contributed by atoms with Gasteiger partial charge in [-0.1, -0.05) is 236 Å². The van der Waals surface area contributed by atoms with Crippen LogP contribution < -0.4 is 0 Å². The van der Waals surface area contributed by atoms with Crippen molar-refractivity contribution in [2.45, 2.75) is 277 Å². The van der Waals surface area contributed by atoms with Crippen molar-refractivity contribution in [3.05, 3.63) is 60.8 Å². The molecule has 0 saturated heterocycles. The maximum atomic E-state index is 12.8. The fraction of sp³-hybridized carbons (Fsp3) is 0.776. The Morgan fingerprint density at radius 2 is 0.625 bits per heavy atom. The van der Waals surface area contributed by atoms with Crippen molar-refractivity contribution in [1.29, 1.82) is 0 Å². The molecular formula is C58H102O6. The molecule has 0 aromatic heterocycles. The molecular weight excluding hydrogens is 793 g/mol. The molecule has 1 unspecified atom stereocenters. The van der Waals surface area contributed by atoms with Crippen LogP contribution >= 0.6 is 0 Å². The number of esters is 3. The van der Waals surface area contributed by atoms with E-state index in [0.29, 0.717) is 19.3 Å². The Balaban J connectivity index is 4.26. The highest BCUT2D eigenvalue weighted by Crippen LogP contribution is 2.16. The van der Waals surface area contributed by atoms with Gasteiger partial charge in [0.15, 0.2) is 6.10 Å². The van der Waals surface area contributed by atoms with E-state index in [1.165, 1.54) is 141 Å². The van der Waals surface area contributed by atoms with E-state index < -0.39 is 6.10 Å². The molecule has 0 aliphatic rings. The summed E-state index contributed by atoms with van der Waals surface area (Å²) >= 11 is 0. The third-order valence-corrected chi connectivity index (χ3v) is 11.8. The van der Waals surface area contributed by atoms with Crippen molar-refractivity contribution in [1.82, 2.24) is 0 Å². The van der Waals surface area contributed by atoms with Crippen LogP contribution in [0, 0.1) is 0 Å². The van der Waals surface area contributed by atoms with Crippen LogP contribution in [0.4, 0.5) is 0 Å². The maximum absolute atomic E-state index is 12.8. The summed E-state index contributed by atoms with van der Waals surface area (Å²) in [5.41, 5.74) is 0. The van der Waals surface area contributed by atoms with Gasteiger partial charge >= 0.3 is 17.9 Å². The van der Waals surface area contributed by atoms with Gasteiger partial charge in [0, 0.05) is 19.3 Å². The van der Waals surface area contributed by atoms with Gasteiger partial charge in [-0.05, 0) is 77.0 Å². The van der Waals surface area contributed by atoms with E-state index in [2.05, 4.69) is 81.5 Å².